The van der Waals surface area contributed by atoms with Crippen molar-refractivity contribution in [3.05, 3.63) is 47.7 Å². The van der Waals surface area contributed by atoms with Gasteiger partial charge in [0.15, 0.2) is 5.76 Å². The Morgan fingerprint density at radius 3 is 2.41 bits per heavy atom. The Morgan fingerprint density at radius 2 is 1.74 bits per heavy atom. The van der Waals surface area contributed by atoms with E-state index in [9.17, 15) is 27.6 Å². The van der Waals surface area contributed by atoms with Gasteiger partial charge in [0.05, 0.1) is 5.56 Å². The summed E-state index contributed by atoms with van der Waals surface area (Å²) in [4.78, 5) is 34.9. The largest absolute Gasteiger partial charge is 0.451 e. The molecule has 27 heavy (non-hydrogen) atoms. The highest BCUT2D eigenvalue weighted by Gasteiger charge is 2.31. The zero-order chi connectivity index (χ0) is 19.6. The number of carbonyl (C=O) groups excluding carboxylic acids is 3. The maximum atomic E-state index is 12.8. The molecular formula is C17H14F3N3O4. The summed E-state index contributed by atoms with van der Waals surface area (Å²) in [5, 5.41) is 2.44. The molecular weight excluding hydrogens is 367 g/mol. The van der Waals surface area contributed by atoms with E-state index in [-0.39, 0.29) is 23.1 Å². The molecule has 3 N–H and O–H groups in total. The van der Waals surface area contributed by atoms with Crippen LogP contribution < -0.4 is 16.2 Å². The van der Waals surface area contributed by atoms with E-state index in [1.165, 1.54) is 24.3 Å². The van der Waals surface area contributed by atoms with Crippen molar-refractivity contribution in [3.63, 3.8) is 0 Å². The van der Waals surface area contributed by atoms with Crippen LogP contribution >= 0.6 is 0 Å². The third-order valence-electron chi connectivity index (χ3n) is 3.71. The first-order valence-electron chi connectivity index (χ1n) is 7.92. The average Bonchev–Trinajstić information content (AvgIpc) is 3.30. The van der Waals surface area contributed by atoms with Gasteiger partial charge in [0.2, 0.25) is 0 Å². The predicted octanol–water partition coefficient (Wildman–Crippen LogP) is 2.00. The third kappa shape index (κ3) is 4.66. The van der Waals surface area contributed by atoms with E-state index in [4.69, 9.17) is 4.42 Å². The summed E-state index contributed by atoms with van der Waals surface area (Å²) >= 11 is 0. The van der Waals surface area contributed by atoms with Crippen molar-refractivity contribution in [1.82, 2.24) is 16.2 Å². The molecule has 1 heterocycles. The molecule has 0 radical (unpaired) electrons. The number of nitrogens with one attached hydrogen (secondary N) is 3. The summed E-state index contributed by atoms with van der Waals surface area (Å²) in [6.45, 7) is 0. The molecule has 3 amide bonds. The van der Waals surface area contributed by atoms with Crippen LogP contribution in [0, 0.1) is 0 Å². The SMILES string of the molecule is O=C(NNC(=O)c1ccc(-c2cccc(C(F)(F)F)c2)o1)C(=O)NC1CC1. The lowest BCUT2D eigenvalue weighted by atomic mass is 10.1. The molecule has 0 spiro atoms. The fourth-order valence-corrected chi connectivity index (χ4v) is 2.17. The zero-order valence-corrected chi connectivity index (χ0v) is 13.7. The van der Waals surface area contributed by atoms with Crippen LogP contribution in [0.25, 0.3) is 11.3 Å². The van der Waals surface area contributed by atoms with Gasteiger partial charge in [0.1, 0.15) is 5.76 Å². The Balaban J connectivity index is 1.62. The van der Waals surface area contributed by atoms with E-state index in [1.807, 2.05) is 10.9 Å². The topological polar surface area (TPSA) is 100 Å². The van der Waals surface area contributed by atoms with E-state index in [2.05, 4.69) is 5.32 Å². The minimum absolute atomic E-state index is 0.0148. The normalized spacial score (nSPS) is 13.7. The molecule has 7 nitrogen and oxygen atoms in total. The van der Waals surface area contributed by atoms with E-state index in [0.717, 1.165) is 25.0 Å². The molecule has 2 aromatic rings. The number of hydrogen-bond acceptors (Lipinski definition) is 4. The fraction of sp³-hybridized carbons (Fsp3) is 0.235. The summed E-state index contributed by atoms with van der Waals surface area (Å²) in [7, 11) is 0. The molecule has 0 unspecified atom stereocenters. The van der Waals surface area contributed by atoms with Gasteiger partial charge < -0.3 is 9.73 Å². The van der Waals surface area contributed by atoms with Crippen molar-refractivity contribution >= 4 is 17.7 Å². The van der Waals surface area contributed by atoms with Crippen molar-refractivity contribution in [2.75, 3.05) is 0 Å². The summed E-state index contributed by atoms with van der Waals surface area (Å²) in [6.07, 6.45) is -2.90. The fourth-order valence-electron chi connectivity index (χ4n) is 2.17. The van der Waals surface area contributed by atoms with Gasteiger partial charge in [-0.25, -0.2) is 0 Å². The second-order valence-electron chi connectivity index (χ2n) is 5.90. The van der Waals surface area contributed by atoms with Crippen LogP contribution in [0.3, 0.4) is 0 Å². The third-order valence-corrected chi connectivity index (χ3v) is 3.71. The van der Waals surface area contributed by atoms with Gasteiger partial charge in [-0.2, -0.15) is 13.2 Å². The molecule has 142 valence electrons. The second kappa shape index (κ2) is 7.14. The Bertz CT molecular complexity index is 888. The minimum atomic E-state index is -4.51. The Hall–Kier alpha value is -3.30. The summed E-state index contributed by atoms with van der Waals surface area (Å²) in [5.74, 6) is -2.98. The number of halogens is 3. The Kier molecular flexibility index (Phi) is 4.89. The molecule has 3 rings (SSSR count). The highest BCUT2D eigenvalue weighted by molar-refractivity contribution is 6.35. The monoisotopic (exact) mass is 381 g/mol. The molecule has 0 aliphatic heterocycles. The number of benzene rings is 1. The van der Waals surface area contributed by atoms with Crippen LogP contribution in [0.15, 0.2) is 40.8 Å². The van der Waals surface area contributed by atoms with Gasteiger partial charge in [-0.05, 0) is 37.1 Å². The quantitative estimate of drug-likeness (QED) is 0.559. The van der Waals surface area contributed by atoms with Gasteiger partial charge in [0.25, 0.3) is 0 Å². The van der Waals surface area contributed by atoms with Gasteiger partial charge in [-0.3, -0.25) is 25.2 Å². The second-order valence-corrected chi connectivity index (χ2v) is 5.90. The van der Waals surface area contributed by atoms with Crippen LogP contribution in [0.4, 0.5) is 13.2 Å². The Labute approximate surface area is 150 Å². The van der Waals surface area contributed by atoms with Crippen molar-refractivity contribution in [2.24, 2.45) is 0 Å². The lowest BCUT2D eigenvalue weighted by Gasteiger charge is -2.07. The lowest BCUT2D eigenvalue weighted by molar-refractivity contribution is -0.139. The van der Waals surface area contributed by atoms with Gasteiger partial charge in [-0.1, -0.05) is 12.1 Å². The maximum absolute atomic E-state index is 12.8. The maximum Gasteiger partial charge on any atom is 0.416 e. The molecule has 0 bridgehead atoms. The zero-order valence-electron chi connectivity index (χ0n) is 13.7. The van der Waals surface area contributed by atoms with Crippen molar-refractivity contribution in [3.8, 4) is 11.3 Å². The number of hydrazine groups is 1. The van der Waals surface area contributed by atoms with Crippen LogP contribution in [0.1, 0.15) is 29.0 Å². The summed E-state index contributed by atoms with van der Waals surface area (Å²) in [5.41, 5.74) is 3.22. The molecule has 1 aliphatic rings. The number of rotatable bonds is 3. The first-order valence-corrected chi connectivity index (χ1v) is 7.92. The van der Waals surface area contributed by atoms with Crippen LogP contribution in [-0.2, 0) is 15.8 Å². The van der Waals surface area contributed by atoms with Crippen LogP contribution in [0.5, 0.6) is 0 Å². The van der Waals surface area contributed by atoms with E-state index >= 15 is 0 Å². The van der Waals surface area contributed by atoms with Crippen molar-refractivity contribution in [2.45, 2.75) is 25.1 Å². The minimum Gasteiger partial charge on any atom is -0.451 e. The van der Waals surface area contributed by atoms with Crippen LogP contribution in [-0.4, -0.2) is 23.8 Å². The molecule has 1 fully saturated rings. The number of amides is 3. The van der Waals surface area contributed by atoms with E-state index in [0.29, 0.717) is 0 Å². The predicted molar refractivity (Wildman–Crippen MR) is 85.9 cm³/mol. The van der Waals surface area contributed by atoms with Gasteiger partial charge in [-0.15, -0.1) is 0 Å². The highest BCUT2D eigenvalue weighted by atomic mass is 19.4. The molecule has 1 aromatic heterocycles. The molecule has 10 heteroatoms. The summed E-state index contributed by atoms with van der Waals surface area (Å²) < 4.78 is 43.6. The van der Waals surface area contributed by atoms with E-state index < -0.39 is 29.5 Å². The first kappa shape index (κ1) is 18.5. The number of hydrogen-bond donors (Lipinski definition) is 3. The highest BCUT2D eigenvalue weighted by Crippen LogP contribution is 2.32. The first-order chi connectivity index (χ1) is 12.7. The molecule has 0 atom stereocenters. The van der Waals surface area contributed by atoms with Crippen molar-refractivity contribution < 1.29 is 32.0 Å². The van der Waals surface area contributed by atoms with Crippen molar-refractivity contribution in [1.29, 1.82) is 0 Å². The summed E-state index contributed by atoms with van der Waals surface area (Å²) in [6, 6.07) is 6.98. The Morgan fingerprint density at radius 1 is 1.00 bits per heavy atom. The molecule has 1 aromatic carbocycles. The number of alkyl halides is 3. The van der Waals surface area contributed by atoms with E-state index in [1.54, 1.807) is 0 Å². The smallest absolute Gasteiger partial charge is 0.416 e. The van der Waals surface area contributed by atoms with Gasteiger partial charge in [0, 0.05) is 11.6 Å². The number of carbonyl (C=O) groups is 3. The molecule has 1 aliphatic carbocycles. The lowest BCUT2D eigenvalue weighted by Crippen LogP contribution is -2.48. The standard InChI is InChI=1S/C17H14F3N3O4/c18-17(19,20)10-3-1-2-9(8-10)12-6-7-13(27-12)14(24)22-23-16(26)15(25)21-11-4-5-11/h1-3,6-8,11H,4-5H2,(H,21,25)(H,22,24)(H,23,26). The molecule has 0 saturated heterocycles. The number of furan rings is 1. The van der Waals surface area contributed by atoms with Gasteiger partial charge >= 0.3 is 23.9 Å². The average molecular weight is 381 g/mol. The molecule has 1 saturated carbocycles. The van der Waals surface area contributed by atoms with Crippen LogP contribution in [0.2, 0.25) is 0 Å².